The standard InChI is InChI=1S/C15H15ClN2O/c16-14(13-6-2-1-3-7-13)15(19)18-10-8-12-5-4-9-17-11-12/h1-7,9,11,14H,8,10H2,(H,18,19). The van der Waals surface area contributed by atoms with Crippen molar-refractivity contribution < 1.29 is 4.79 Å². The van der Waals surface area contributed by atoms with Crippen molar-refractivity contribution in [2.24, 2.45) is 0 Å². The van der Waals surface area contributed by atoms with E-state index in [1.807, 2.05) is 42.5 Å². The molecule has 1 aromatic carbocycles. The number of carbonyl (C=O) groups is 1. The third-order valence-corrected chi connectivity index (χ3v) is 3.21. The molecule has 0 bridgehead atoms. The number of aromatic nitrogens is 1. The van der Waals surface area contributed by atoms with E-state index in [4.69, 9.17) is 11.6 Å². The zero-order valence-corrected chi connectivity index (χ0v) is 11.2. The van der Waals surface area contributed by atoms with E-state index < -0.39 is 5.38 Å². The van der Waals surface area contributed by atoms with Crippen LogP contribution in [0.25, 0.3) is 0 Å². The third-order valence-electron chi connectivity index (χ3n) is 2.76. The van der Waals surface area contributed by atoms with Gasteiger partial charge in [0.15, 0.2) is 0 Å². The van der Waals surface area contributed by atoms with E-state index in [9.17, 15) is 4.79 Å². The second kappa shape index (κ2) is 6.90. The van der Waals surface area contributed by atoms with E-state index >= 15 is 0 Å². The predicted molar refractivity (Wildman–Crippen MR) is 76.0 cm³/mol. The van der Waals surface area contributed by atoms with E-state index in [-0.39, 0.29) is 5.91 Å². The molecular formula is C15H15ClN2O. The molecule has 1 atom stereocenters. The van der Waals surface area contributed by atoms with Crippen molar-refractivity contribution in [3.63, 3.8) is 0 Å². The van der Waals surface area contributed by atoms with Crippen LogP contribution in [0.4, 0.5) is 0 Å². The number of carbonyl (C=O) groups excluding carboxylic acids is 1. The van der Waals surface area contributed by atoms with E-state index in [2.05, 4.69) is 10.3 Å². The van der Waals surface area contributed by atoms with Gasteiger partial charge in [-0.1, -0.05) is 36.4 Å². The fourth-order valence-corrected chi connectivity index (χ4v) is 1.96. The summed E-state index contributed by atoms with van der Waals surface area (Å²) >= 11 is 6.11. The molecule has 0 aliphatic heterocycles. The van der Waals surface area contributed by atoms with Gasteiger partial charge in [-0.25, -0.2) is 0 Å². The number of nitrogens with one attached hydrogen (secondary N) is 1. The molecule has 0 aliphatic carbocycles. The maximum absolute atomic E-state index is 11.9. The van der Waals surface area contributed by atoms with Crippen molar-refractivity contribution in [1.29, 1.82) is 0 Å². The number of amides is 1. The Balaban J connectivity index is 1.82. The summed E-state index contributed by atoms with van der Waals surface area (Å²) in [7, 11) is 0. The first-order chi connectivity index (χ1) is 9.27. The number of alkyl halides is 1. The molecule has 0 radical (unpaired) electrons. The molecule has 0 saturated heterocycles. The summed E-state index contributed by atoms with van der Waals surface area (Å²) in [5.74, 6) is -0.170. The molecule has 1 amide bonds. The van der Waals surface area contributed by atoms with Gasteiger partial charge in [0.1, 0.15) is 5.38 Å². The lowest BCUT2D eigenvalue weighted by Gasteiger charge is -2.10. The van der Waals surface area contributed by atoms with E-state index in [1.165, 1.54) is 0 Å². The summed E-state index contributed by atoms with van der Waals surface area (Å²) in [6, 6.07) is 13.2. The van der Waals surface area contributed by atoms with E-state index in [1.54, 1.807) is 12.4 Å². The van der Waals surface area contributed by atoms with Crippen LogP contribution in [0.5, 0.6) is 0 Å². The number of pyridine rings is 1. The van der Waals surface area contributed by atoms with Gasteiger partial charge in [-0.2, -0.15) is 0 Å². The lowest BCUT2D eigenvalue weighted by molar-refractivity contribution is -0.120. The van der Waals surface area contributed by atoms with Gasteiger partial charge in [-0.05, 0) is 23.6 Å². The molecule has 1 heterocycles. The number of hydrogen-bond acceptors (Lipinski definition) is 2. The summed E-state index contributed by atoms with van der Waals surface area (Å²) in [4.78, 5) is 15.9. The Kier molecular flexibility index (Phi) is 4.93. The maximum atomic E-state index is 11.9. The normalized spacial score (nSPS) is 11.8. The number of nitrogens with zero attached hydrogens (tertiary/aromatic N) is 1. The Bertz CT molecular complexity index is 516. The molecular weight excluding hydrogens is 260 g/mol. The van der Waals surface area contributed by atoms with Crippen LogP contribution in [0.3, 0.4) is 0 Å². The van der Waals surface area contributed by atoms with Crippen molar-refractivity contribution in [3.8, 4) is 0 Å². The predicted octanol–water partition coefficient (Wildman–Crippen LogP) is 2.72. The molecule has 0 saturated carbocycles. The molecule has 1 aromatic heterocycles. The van der Waals surface area contributed by atoms with Gasteiger partial charge in [0.25, 0.3) is 0 Å². The minimum Gasteiger partial charge on any atom is -0.354 e. The zero-order chi connectivity index (χ0) is 13.5. The highest BCUT2D eigenvalue weighted by Gasteiger charge is 2.16. The number of halogens is 1. The summed E-state index contributed by atoms with van der Waals surface area (Å²) in [5.41, 5.74) is 1.90. The highest BCUT2D eigenvalue weighted by Crippen LogP contribution is 2.19. The van der Waals surface area contributed by atoms with Crippen LogP contribution >= 0.6 is 11.6 Å². The van der Waals surface area contributed by atoms with Gasteiger partial charge in [0.05, 0.1) is 0 Å². The smallest absolute Gasteiger partial charge is 0.242 e. The van der Waals surface area contributed by atoms with Crippen molar-refractivity contribution in [2.45, 2.75) is 11.8 Å². The fourth-order valence-electron chi connectivity index (χ4n) is 1.74. The second-order valence-corrected chi connectivity index (χ2v) is 4.61. The summed E-state index contributed by atoms with van der Waals surface area (Å²) < 4.78 is 0. The van der Waals surface area contributed by atoms with Crippen molar-refractivity contribution in [3.05, 3.63) is 66.0 Å². The van der Waals surface area contributed by atoms with Crippen LogP contribution in [0.15, 0.2) is 54.9 Å². The Labute approximate surface area is 117 Å². The minimum absolute atomic E-state index is 0.170. The zero-order valence-electron chi connectivity index (χ0n) is 10.4. The lowest BCUT2D eigenvalue weighted by atomic mass is 10.1. The summed E-state index contributed by atoms with van der Waals surface area (Å²) in [5, 5.41) is 2.19. The number of hydrogen-bond donors (Lipinski definition) is 1. The van der Waals surface area contributed by atoms with Crippen molar-refractivity contribution >= 4 is 17.5 Å². The Morgan fingerprint density at radius 3 is 2.68 bits per heavy atom. The average Bonchev–Trinajstić information content (AvgIpc) is 2.48. The second-order valence-electron chi connectivity index (χ2n) is 4.18. The monoisotopic (exact) mass is 274 g/mol. The quantitative estimate of drug-likeness (QED) is 0.852. The van der Waals surface area contributed by atoms with Gasteiger partial charge < -0.3 is 5.32 Å². The Morgan fingerprint density at radius 1 is 1.21 bits per heavy atom. The molecule has 0 aliphatic rings. The minimum atomic E-state index is -0.643. The molecule has 0 fully saturated rings. The van der Waals surface area contributed by atoms with Crippen molar-refractivity contribution in [2.75, 3.05) is 6.54 Å². The van der Waals surface area contributed by atoms with Crippen LogP contribution in [-0.4, -0.2) is 17.4 Å². The molecule has 1 N–H and O–H groups in total. The summed E-state index contributed by atoms with van der Waals surface area (Å²) in [6.45, 7) is 0.556. The van der Waals surface area contributed by atoms with Crippen LogP contribution < -0.4 is 5.32 Å². The first-order valence-corrected chi connectivity index (χ1v) is 6.56. The van der Waals surface area contributed by atoms with Crippen LogP contribution in [0, 0.1) is 0 Å². The first-order valence-electron chi connectivity index (χ1n) is 6.13. The van der Waals surface area contributed by atoms with E-state index in [0.717, 1.165) is 17.5 Å². The lowest BCUT2D eigenvalue weighted by Crippen LogP contribution is -2.28. The van der Waals surface area contributed by atoms with Gasteiger partial charge in [0, 0.05) is 18.9 Å². The fraction of sp³-hybridized carbons (Fsp3) is 0.200. The van der Waals surface area contributed by atoms with Gasteiger partial charge in [-0.3, -0.25) is 9.78 Å². The molecule has 0 spiro atoms. The van der Waals surface area contributed by atoms with Crippen LogP contribution in [0.2, 0.25) is 0 Å². The molecule has 2 aromatic rings. The van der Waals surface area contributed by atoms with Crippen molar-refractivity contribution in [1.82, 2.24) is 10.3 Å². The van der Waals surface area contributed by atoms with Gasteiger partial charge in [-0.15, -0.1) is 11.6 Å². The molecule has 4 heteroatoms. The Morgan fingerprint density at radius 2 is 2.00 bits per heavy atom. The molecule has 19 heavy (non-hydrogen) atoms. The largest absolute Gasteiger partial charge is 0.354 e. The first kappa shape index (κ1) is 13.6. The topological polar surface area (TPSA) is 42.0 Å². The average molecular weight is 275 g/mol. The summed E-state index contributed by atoms with van der Waals surface area (Å²) in [6.07, 6.45) is 4.27. The molecule has 98 valence electrons. The third kappa shape index (κ3) is 4.07. The maximum Gasteiger partial charge on any atom is 0.242 e. The molecule has 2 rings (SSSR count). The highest BCUT2D eigenvalue weighted by atomic mass is 35.5. The van der Waals surface area contributed by atoms with Gasteiger partial charge in [0.2, 0.25) is 5.91 Å². The van der Waals surface area contributed by atoms with E-state index in [0.29, 0.717) is 6.54 Å². The van der Waals surface area contributed by atoms with Gasteiger partial charge >= 0.3 is 0 Å². The Hall–Kier alpha value is -1.87. The number of rotatable bonds is 5. The molecule has 3 nitrogen and oxygen atoms in total. The van der Waals surface area contributed by atoms with Crippen LogP contribution in [0.1, 0.15) is 16.5 Å². The molecule has 1 unspecified atom stereocenters. The van der Waals surface area contributed by atoms with Crippen LogP contribution in [-0.2, 0) is 11.2 Å². The SMILES string of the molecule is O=C(NCCc1cccnc1)C(Cl)c1ccccc1. The highest BCUT2D eigenvalue weighted by molar-refractivity contribution is 6.30. The number of benzene rings is 1.